The molecule has 16 heavy (non-hydrogen) atoms. The lowest BCUT2D eigenvalue weighted by Gasteiger charge is -2.33. The van der Waals surface area contributed by atoms with Crippen LogP contribution in [-0.4, -0.2) is 23.4 Å². The van der Waals surface area contributed by atoms with E-state index in [-0.39, 0.29) is 11.9 Å². The van der Waals surface area contributed by atoms with Crippen LogP contribution in [0.25, 0.3) is 0 Å². The lowest BCUT2D eigenvalue weighted by Crippen LogP contribution is -2.47. The standard InChI is InChI=1S/C13H18N2O/c14-13(16)12-8-4-5-9-15(12)10-11-6-2-1-3-7-11/h1-3,6-7,12H,4-5,8-10H2,(H2,14,16). The number of primary amides is 1. The maximum absolute atomic E-state index is 11.3. The maximum Gasteiger partial charge on any atom is 0.234 e. The summed E-state index contributed by atoms with van der Waals surface area (Å²) in [5.41, 5.74) is 6.68. The Hall–Kier alpha value is -1.35. The van der Waals surface area contributed by atoms with E-state index in [0.717, 1.165) is 32.4 Å². The summed E-state index contributed by atoms with van der Waals surface area (Å²) < 4.78 is 0. The molecule has 0 bridgehead atoms. The molecule has 3 nitrogen and oxygen atoms in total. The van der Waals surface area contributed by atoms with Crippen molar-refractivity contribution in [2.75, 3.05) is 6.54 Å². The monoisotopic (exact) mass is 218 g/mol. The summed E-state index contributed by atoms with van der Waals surface area (Å²) in [6.07, 6.45) is 3.18. The fraction of sp³-hybridized carbons (Fsp3) is 0.462. The minimum atomic E-state index is -0.185. The number of likely N-dealkylation sites (tertiary alicyclic amines) is 1. The van der Waals surface area contributed by atoms with E-state index in [9.17, 15) is 4.79 Å². The largest absolute Gasteiger partial charge is 0.368 e. The van der Waals surface area contributed by atoms with Crippen LogP contribution in [0.3, 0.4) is 0 Å². The summed E-state index contributed by atoms with van der Waals surface area (Å²) in [6, 6.07) is 10.2. The van der Waals surface area contributed by atoms with E-state index >= 15 is 0 Å². The molecule has 2 rings (SSSR count). The van der Waals surface area contributed by atoms with Crippen molar-refractivity contribution in [3.8, 4) is 0 Å². The van der Waals surface area contributed by atoms with Crippen LogP contribution in [-0.2, 0) is 11.3 Å². The minimum Gasteiger partial charge on any atom is -0.368 e. The van der Waals surface area contributed by atoms with E-state index in [2.05, 4.69) is 17.0 Å². The highest BCUT2D eigenvalue weighted by Crippen LogP contribution is 2.19. The van der Waals surface area contributed by atoms with Crippen molar-refractivity contribution in [1.82, 2.24) is 4.90 Å². The fourth-order valence-corrected chi connectivity index (χ4v) is 2.32. The van der Waals surface area contributed by atoms with Crippen LogP contribution < -0.4 is 5.73 Å². The summed E-state index contributed by atoms with van der Waals surface area (Å²) in [5.74, 6) is -0.185. The van der Waals surface area contributed by atoms with Gasteiger partial charge in [-0.05, 0) is 24.9 Å². The van der Waals surface area contributed by atoms with Gasteiger partial charge >= 0.3 is 0 Å². The smallest absolute Gasteiger partial charge is 0.234 e. The molecule has 1 fully saturated rings. The zero-order valence-corrected chi connectivity index (χ0v) is 9.43. The molecule has 0 saturated carbocycles. The van der Waals surface area contributed by atoms with Gasteiger partial charge in [0, 0.05) is 6.54 Å². The van der Waals surface area contributed by atoms with Crippen molar-refractivity contribution >= 4 is 5.91 Å². The second kappa shape index (κ2) is 5.12. The van der Waals surface area contributed by atoms with Gasteiger partial charge in [-0.25, -0.2) is 0 Å². The SMILES string of the molecule is NC(=O)C1CCCCN1Cc1ccccc1. The average molecular weight is 218 g/mol. The van der Waals surface area contributed by atoms with Gasteiger partial charge in [0.15, 0.2) is 0 Å². The van der Waals surface area contributed by atoms with Crippen LogP contribution >= 0.6 is 0 Å². The lowest BCUT2D eigenvalue weighted by atomic mass is 10.0. The highest BCUT2D eigenvalue weighted by atomic mass is 16.1. The summed E-state index contributed by atoms with van der Waals surface area (Å²) in [5, 5.41) is 0. The third-order valence-corrected chi connectivity index (χ3v) is 3.17. The van der Waals surface area contributed by atoms with Gasteiger partial charge in [0.2, 0.25) is 5.91 Å². The van der Waals surface area contributed by atoms with Crippen molar-refractivity contribution < 1.29 is 4.79 Å². The first-order valence-electron chi connectivity index (χ1n) is 5.84. The Bertz CT molecular complexity index is 350. The first-order valence-corrected chi connectivity index (χ1v) is 5.84. The molecule has 3 heteroatoms. The molecule has 0 aliphatic carbocycles. The number of hydrogen-bond acceptors (Lipinski definition) is 2. The van der Waals surface area contributed by atoms with Crippen LogP contribution in [0.15, 0.2) is 30.3 Å². The minimum absolute atomic E-state index is 0.0750. The Kier molecular flexibility index (Phi) is 3.57. The number of carbonyl (C=O) groups excluding carboxylic acids is 1. The molecular weight excluding hydrogens is 200 g/mol. The molecule has 1 amide bonds. The number of benzene rings is 1. The van der Waals surface area contributed by atoms with Crippen molar-refractivity contribution in [1.29, 1.82) is 0 Å². The van der Waals surface area contributed by atoms with Crippen LogP contribution in [0.2, 0.25) is 0 Å². The van der Waals surface area contributed by atoms with Gasteiger partial charge in [-0.1, -0.05) is 36.8 Å². The molecule has 1 heterocycles. The molecule has 0 aromatic heterocycles. The number of rotatable bonds is 3. The van der Waals surface area contributed by atoms with Crippen LogP contribution in [0, 0.1) is 0 Å². The maximum atomic E-state index is 11.3. The van der Waals surface area contributed by atoms with E-state index in [1.54, 1.807) is 0 Å². The first kappa shape index (κ1) is 11.1. The average Bonchev–Trinajstić information content (AvgIpc) is 2.31. The Balaban J connectivity index is 2.04. The number of nitrogens with two attached hydrogens (primary N) is 1. The molecule has 1 atom stereocenters. The summed E-state index contributed by atoms with van der Waals surface area (Å²) in [4.78, 5) is 13.5. The van der Waals surface area contributed by atoms with Crippen molar-refractivity contribution in [3.05, 3.63) is 35.9 Å². The number of piperidine rings is 1. The van der Waals surface area contributed by atoms with E-state index in [4.69, 9.17) is 5.73 Å². The lowest BCUT2D eigenvalue weighted by molar-refractivity contribution is -0.124. The predicted octanol–water partition coefficient (Wildman–Crippen LogP) is 1.53. The fourth-order valence-electron chi connectivity index (χ4n) is 2.32. The molecule has 1 saturated heterocycles. The molecule has 86 valence electrons. The zero-order chi connectivity index (χ0) is 11.4. The molecule has 2 N–H and O–H groups in total. The Labute approximate surface area is 96.2 Å². The first-order chi connectivity index (χ1) is 7.77. The molecule has 1 aliphatic rings. The second-order valence-corrected chi connectivity index (χ2v) is 4.37. The van der Waals surface area contributed by atoms with E-state index in [0.29, 0.717) is 0 Å². The van der Waals surface area contributed by atoms with Gasteiger partial charge in [-0.15, -0.1) is 0 Å². The van der Waals surface area contributed by atoms with Gasteiger partial charge in [0.1, 0.15) is 0 Å². The van der Waals surface area contributed by atoms with Crippen LogP contribution in [0.5, 0.6) is 0 Å². The molecule has 1 aromatic rings. The topological polar surface area (TPSA) is 46.3 Å². The highest BCUT2D eigenvalue weighted by Gasteiger charge is 2.26. The Morgan fingerprint density at radius 3 is 2.75 bits per heavy atom. The van der Waals surface area contributed by atoms with Gasteiger partial charge in [-0.2, -0.15) is 0 Å². The van der Waals surface area contributed by atoms with E-state index < -0.39 is 0 Å². The van der Waals surface area contributed by atoms with Crippen LogP contribution in [0.1, 0.15) is 24.8 Å². The molecule has 1 aromatic carbocycles. The van der Waals surface area contributed by atoms with E-state index in [1.165, 1.54) is 5.56 Å². The number of amides is 1. The normalized spacial score (nSPS) is 21.9. The quantitative estimate of drug-likeness (QED) is 0.836. The van der Waals surface area contributed by atoms with Crippen molar-refractivity contribution in [2.45, 2.75) is 31.8 Å². The zero-order valence-electron chi connectivity index (χ0n) is 9.43. The van der Waals surface area contributed by atoms with Gasteiger partial charge in [0.05, 0.1) is 6.04 Å². The second-order valence-electron chi connectivity index (χ2n) is 4.37. The Morgan fingerprint density at radius 1 is 1.31 bits per heavy atom. The van der Waals surface area contributed by atoms with Gasteiger partial charge < -0.3 is 5.73 Å². The van der Waals surface area contributed by atoms with E-state index in [1.807, 2.05) is 18.2 Å². The summed E-state index contributed by atoms with van der Waals surface area (Å²) >= 11 is 0. The molecule has 1 unspecified atom stereocenters. The molecule has 0 radical (unpaired) electrons. The summed E-state index contributed by atoms with van der Waals surface area (Å²) in [6.45, 7) is 1.80. The number of hydrogen-bond donors (Lipinski definition) is 1. The predicted molar refractivity (Wildman–Crippen MR) is 63.7 cm³/mol. The van der Waals surface area contributed by atoms with Gasteiger partial charge in [-0.3, -0.25) is 9.69 Å². The highest BCUT2D eigenvalue weighted by molar-refractivity contribution is 5.79. The summed E-state index contributed by atoms with van der Waals surface area (Å²) in [7, 11) is 0. The number of nitrogens with zero attached hydrogens (tertiary/aromatic N) is 1. The van der Waals surface area contributed by atoms with Crippen molar-refractivity contribution in [2.24, 2.45) is 5.73 Å². The Morgan fingerprint density at radius 2 is 2.06 bits per heavy atom. The number of carbonyl (C=O) groups is 1. The van der Waals surface area contributed by atoms with Gasteiger partial charge in [0.25, 0.3) is 0 Å². The van der Waals surface area contributed by atoms with Crippen molar-refractivity contribution in [3.63, 3.8) is 0 Å². The molecular formula is C13H18N2O. The molecule has 1 aliphatic heterocycles. The third-order valence-electron chi connectivity index (χ3n) is 3.17. The van der Waals surface area contributed by atoms with Crippen LogP contribution in [0.4, 0.5) is 0 Å². The molecule has 0 spiro atoms. The third kappa shape index (κ3) is 2.61.